The lowest BCUT2D eigenvalue weighted by Crippen LogP contribution is -2.42. The van der Waals surface area contributed by atoms with Crippen molar-refractivity contribution in [3.63, 3.8) is 0 Å². The van der Waals surface area contributed by atoms with E-state index in [4.69, 9.17) is 11.6 Å². The van der Waals surface area contributed by atoms with E-state index in [-0.39, 0.29) is 0 Å². The fraction of sp³-hybridized carbons (Fsp3) is 0.308. The van der Waals surface area contributed by atoms with E-state index in [1.165, 1.54) is 17.3 Å². The van der Waals surface area contributed by atoms with Crippen molar-refractivity contribution in [2.75, 3.05) is 16.6 Å². The van der Waals surface area contributed by atoms with Gasteiger partial charge in [-0.1, -0.05) is 29.4 Å². The number of fused-ring (bicyclic) bond motifs is 2. The monoisotopic (exact) mass is 356 g/mol. The zero-order valence-corrected chi connectivity index (χ0v) is 13.7. The maximum atomic E-state index is 12.7. The Labute approximate surface area is 137 Å². The minimum Gasteiger partial charge on any atom is -0.384 e. The molecular weight excluding hydrogens is 344 g/mol. The number of halogens is 1. The van der Waals surface area contributed by atoms with Crippen LogP contribution in [0.25, 0.3) is 0 Å². The van der Waals surface area contributed by atoms with Crippen LogP contribution in [0.5, 0.6) is 0 Å². The topological polar surface area (TPSA) is 73.8 Å². The van der Waals surface area contributed by atoms with E-state index in [2.05, 4.69) is 15.0 Å². The highest BCUT2D eigenvalue weighted by Crippen LogP contribution is 2.35. The maximum absolute atomic E-state index is 12.7. The van der Waals surface area contributed by atoms with Crippen LogP contribution in [0.15, 0.2) is 34.8 Å². The van der Waals surface area contributed by atoms with E-state index in [1.807, 2.05) is 12.1 Å². The van der Waals surface area contributed by atoms with Crippen molar-refractivity contribution >= 4 is 49.9 Å². The van der Waals surface area contributed by atoms with Crippen molar-refractivity contribution in [1.29, 1.82) is 0 Å². The van der Waals surface area contributed by atoms with E-state index in [0.717, 1.165) is 18.7 Å². The van der Waals surface area contributed by atoms with Gasteiger partial charge in [0.05, 0.1) is 5.69 Å². The summed E-state index contributed by atoms with van der Waals surface area (Å²) in [6, 6.07) is 5.53. The van der Waals surface area contributed by atoms with Crippen molar-refractivity contribution in [1.82, 2.24) is 4.90 Å². The number of nitrogens with one attached hydrogen (secondary N) is 2. The molecule has 0 saturated carbocycles. The number of aliphatic imine (C=N–C) groups is 1. The van der Waals surface area contributed by atoms with Gasteiger partial charge in [0.1, 0.15) is 0 Å². The smallest absolute Gasteiger partial charge is 0.257 e. The molecule has 1 aromatic rings. The molecule has 2 atom stereocenters. The molecule has 3 aliphatic heterocycles. The summed E-state index contributed by atoms with van der Waals surface area (Å²) in [4.78, 5) is 5.77. The average molecular weight is 357 g/mol. The highest BCUT2D eigenvalue weighted by Gasteiger charge is 2.45. The van der Waals surface area contributed by atoms with Crippen LogP contribution in [0.1, 0.15) is 5.56 Å². The van der Waals surface area contributed by atoms with Crippen molar-refractivity contribution in [3.8, 4) is 0 Å². The van der Waals surface area contributed by atoms with Crippen LogP contribution < -0.4 is 10.0 Å². The molecule has 0 spiro atoms. The Balaban J connectivity index is 1.60. The Hall–Kier alpha value is -1.38. The number of anilines is 2. The first-order valence-electron chi connectivity index (χ1n) is 6.76. The molecule has 116 valence electrons. The molecule has 2 N–H and O–H groups in total. The van der Waals surface area contributed by atoms with Gasteiger partial charge in [0.2, 0.25) is 0 Å². The van der Waals surface area contributed by atoms with Crippen molar-refractivity contribution in [2.24, 2.45) is 4.99 Å². The molecule has 0 radical (unpaired) electrons. The Morgan fingerprint density at radius 1 is 1.45 bits per heavy atom. The molecule has 22 heavy (non-hydrogen) atoms. The molecule has 3 aliphatic rings. The van der Waals surface area contributed by atoms with Crippen LogP contribution >= 0.6 is 23.4 Å². The van der Waals surface area contributed by atoms with Crippen molar-refractivity contribution < 1.29 is 8.42 Å². The van der Waals surface area contributed by atoms with Gasteiger partial charge in [-0.15, -0.1) is 0 Å². The molecule has 4 rings (SSSR count). The number of thioether (sulfide) groups is 1. The normalized spacial score (nSPS) is 25.7. The minimum atomic E-state index is -3.70. The number of amidine groups is 1. The SMILES string of the molecule is O=S(=O)(Nc1ccc2c(c1)NCC2)C1C(Cl)N=C2SC=CN21. The standard InChI is InChI=1S/C13H13ClN4O2S2/c14-11-12(18-5-6-21-13(18)16-11)22(19,20)17-9-2-1-8-3-4-15-10(8)7-9/h1-2,5-7,11-12,15,17H,3-4H2. The lowest BCUT2D eigenvalue weighted by atomic mass is 10.1. The highest BCUT2D eigenvalue weighted by atomic mass is 35.5. The molecule has 0 fully saturated rings. The molecule has 0 amide bonds. The summed E-state index contributed by atoms with van der Waals surface area (Å²) >= 11 is 7.48. The fourth-order valence-electron chi connectivity index (χ4n) is 2.75. The van der Waals surface area contributed by atoms with E-state index in [9.17, 15) is 8.42 Å². The average Bonchev–Trinajstić information content (AvgIpc) is 3.11. The van der Waals surface area contributed by atoms with Crippen molar-refractivity contribution in [3.05, 3.63) is 35.4 Å². The number of hydrogen-bond acceptors (Lipinski definition) is 6. The molecule has 1 aromatic carbocycles. The second-order valence-electron chi connectivity index (χ2n) is 5.18. The quantitative estimate of drug-likeness (QED) is 0.641. The van der Waals surface area contributed by atoms with Gasteiger partial charge in [-0.2, -0.15) is 0 Å². The molecule has 9 heteroatoms. The Bertz CT molecular complexity index is 793. The van der Waals surface area contributed by atoms with Crippen LogP contribution in [-0.4, -0.2) is 35.9 Å². The zero-order valence-electron chi connectivity index (χ0n) is 11.4. The van der Waals surface area contributed by atoms with Gasteiger partial charge in [0.15, 0.2) is 16.0 Å². The van der Waals surface area contributed by atoms with Gasteiger partial charge in [0, 0.05) is 18.4 Å². The first-order chi connectivity index (χ1) is 10.5. The molecule has 6 nitrogen and oxygen atoms in total. The number of nitrogens with zero attached hydrogens (tertiary/aromatic N) is 2. The van der Waals surface area contributed by atoms with E-state index in [0.29, 0.717) is 10.9 Å². The third-order valence-corrected chi connectivity index (χ3v) is 6.67. The number of benzene rings is 1. The molecule has 0 aliphatic carbocycles. The van der Waals surface area contributed by atoms with Crippen LogP contribution in [0, 0.1) is 0 Å². The third-order valence-electron chi connectivity index (χ3n) is 3.76. The van der Waals surface area contributed by atoms with Crippen LogP contribution in [0.2, 0.25) is 0 Å². The van der Waals surface area contributed by atoms with E-state index in [1.54, 1.807) is 22.6 Å². The van der Waals surface area contributed by atoms with Crippen molar-refractivity contribution in [2.45, 2.75) is 17.3 Å². The predicted molar refractivity (Wildman–Crippen MR) is 90.6 cm³/mol. The second-order valence-corrected chi connectivity index (χ2v) is 8.28. The van der Waals surface area contributed by atoms with Gasteiger partial charge in [-0.3, -0.25) is 4.72 Å². The third kappa shape index (κ3) is 2.26. The second kappa shape index (κ2) is 5.07. The molecule has 3 heterocycles. The Morgan fingerprint density at radius 3 is 3.18 bits per heavy atom. The van der Waals surface area contributed by atoms with Crippen LogP contribution in [0.4, 0.5) is 11.4 Å². The fourth-order valence-corrected chi connectivity index (χ4v) is 5.68. The van der Waals surface area contributed by atoms with E-state index >= 15 is 0 Å². The van der Waals surface area contributed by atoms with Gasteiger partial charge in [0.25, 0.3) is 10.0 Å². The molecule has 0 aromatic heterocycles. The summed E-state index contributed by atoms with van der Waals surface area (Å²) in [6.45, 7) is 0.880. The lowest BCUT2D eigenvalue weighted by molar-refractivity contribution is 0.504. The number of sulfonamides is 1. The van der Waals surface area contributed by atoms with Crippen LogP contribution in [0.3, 0.4) is 0 Å². The first-order valence-corrected chi connectivity index (χ1v) is 9.63. The van der Waals surface area contributed by atoms with E-state index < -0.39 is 20.9 Å². The maximum Gasteiger partial charge on any atom is 0.257 e. The largest absolute Gasteiger partial charge is 0.384 e. The molecule has 0 saturated heterocycles. The van der Waals surface area contributed by atoms with Gasteiger partial charge in [-0.25, -0.2) is 13.4 Å². The zero-order chi connectivity index (χ0) is 15.3. The Kier molecular flexibility index (Phi) is 3.28. The summed E-state index contributed by atoms with van der Waals surface area (Å²) < 4.78 is 28.0. The van der Waals surface area contributed by atoms with Gasteiger partial charge in [-0.05, 0) is 29.5 Å². The molecule has 2 unspecified atom stereocenters. The van der Waals surface area contributed by atoms with Gasteiger partial charge < -0.3 is 10.2 Å². The number of rotatable bonds is 3. The van der Waals surface area contributed by atoms with Gasteiger partial charge >= 0.3 is 0 Å². The van der Waals surface area contributed by atoms with Crippen LogP contribution in [-0.2, 0) is 16.4 Å². The molecule has 0 bridgehead atoms. The summed E-state index contributed by atoms with van der Waals surface area (Å²) in [5.74, 6) is 0. The Morgan fingerprint density at radius 2 is 2.32 bits per heavy atom. The predicted octanol–water partition coefficient (Wildman–Crippen LogP) is 2.18. The summed E-state index contributed by atoms with van der Waals surface area (Å²) in [5.41, 5.74) is 1.88. The molecular formula is C13H13ClN4O2S2. The number of hydrogen-bond donors (Lipinski definition) is 2. The highest BCUT2D eigenvalue weighted by molar-refractivity contribution is 8.16. The summed E-state index contributed by atoms with van der Waals surface area (Å²) in [5, 5.41) is 4.71. The summed E-state index contributed by atoms with van der Waals surface area (Å²) in [6.07, 6.45) is 2.65. The number of alkyl halides is 1. The first kappa shape index (κ1) is 14.2. The minimum absolute atomic E-state index is 0.529. The lowest BCUT2D eigenvalue weighted by Gasteiger charge is -2.23. The summed E-state index contributed by atoms with van der Waals surface area (Å²) in [7, 11) is -3.70.